The van der Waals surface area contributed by atoms with Gasteiger partial charge in [0.05, 0.1) is 17.9 Å². The molecule has 0 fully saturated rings. The summed E-state index contributed by atoms with van der Waals surface area (Å²) in [5.41, 5.74) is 14.9. The Hall–Kier alpha value is -4.01. The first kappa shape index (κ1) is 29.5. The highest BCUT2D eigenvalue weighted by Gasteiger charge is 2.57. The Bertz CT molecular complexity index is 1580. The van der Waals surface area contributed by atoms with Gasteiger partial charge in [0.2, 0.25) is 0 Å². The number of hydrogen-bond donors (Lipinski definition) is 4. The number of aliphatic hydroxyl groups is 2. The van der Waals surface area contributed by atoms with Gasteiger partial charge in [0.25, 0.3) is 0 Å². The van der Waals surface area contributed by atoms with Crippen molar-refractivity contribution in [3.8, 4) is 0 Å². The van der Waals surface area contributed by atoms with Crippen LogP contribution in [0.15, 0.2) is 82.9 Å². The molecule has 5 rings (SSSR count). The summed E-state index contributed by atoms with van der Waals surface area (Å²) in [5, 5.41) is 31.1. The Kier molecular flexibility index (Phi) is 7.28. The lowest BCUT2D eigenvalue weighted by Gasteiger charge is -2.54. The highest BCUT2D eigenvalue weighted by Crippen LogP contribution is 2.58. The van der Waals surface area contributed by atoms with Crippen LogP contribution in [0.2, 0.25) is 0 Å². The zero-order valence-corrected chi connectivity index (χ0v) is 25.6. The molecule has 0 aliphatic heterocycles. The number of aromatic nitrogens is 1. The monoisotopic (exact) mass is 569 g/mol. The molecule has 0 spiro atoms. The van der Waals surface area contributed by atoms with E-state index < -0.39 is 11.6 Å². The van der Waals surface area contributed by atoms with Crippen LogP contribution >= 0.6 is 0 Å². The van der Waals surface area contributed by atoms with E-state index in [1.165, 1.54) is 5.56 Å². The van der Waals surface area contributed by atoms with E-state index in [1.54, 1.807) is 12.3 Å². The molecule has 1 unspecified atom stereocenters. The minimum atomic E-state index is -1.41. The zero-order chi connectivity index (χ0) is 30.8. The maximum atomic E-state index is 12.6. The first-order chi connectivity index (χ1) is 19.7. The number of nitrogens with two attached hydrogens (primary N) is 1. The predicted octanol–water partition coefficient (Wildman–Crippen LogP) is 4.85. The summed E-state index contributed by atoms with van der Waals surface area (Å²) in [6.07, 6.45) is 3.05. The largest absolute Gasteiger partial charge is 0.510 e. The van der Waals surface area contributed by atoms with Gasteiger partial charge >= 0.3 is 0 Å². The highest BCUT2D eigenvalue weighted by molar-refractivity contribution is 5.89. The van der Waals surface area contributed by atoms with Gasteiger partial charge in [-0.3, -0.25) is 4.90 Å². The standard InChI is InChI=1S/C34H43N5O3/c1-17-24(16-36-22(6)28-11-12-37-42-28)15-27(38(7)8)25-13-23-14-26-32(39(9)10)33(40)31(21(5)35)20(4)34(26,41)19(3)30(23)18(2)29(17)25/h11-12,15,23,26,32,36,40-41H,2,4-6,13-14,16,35H2,1,3,7-10H3/t23-,26-,32?,34-/m0/s1. The predicted molar refractivity (Wildman–Crippen MR) is 169 cm³/mol. The molecule has 3 aliphatic rings. The van der Waals surface area contributed by atoms with Crippen molar-refractivity contribution in [1.29, 1.82) is 0 Å². The van der Waals surface area contributed by atoms with Crippen molar-refractivity contribution >= 4 is 17.0 Å². The van der Waals surface area contributed by atoms with Gasteiger partial charge in [0.1, 0.15) is 11.4 Å². The van der Waals surface area contributed by atoms with Crippen molar-refractivity contribution in [2.45, 2.75) is 44.9 Å². The molecule has 4 atom stereocenters. The Labute approximate surface area is 248 Å². The number of benzene rings is 1. The van der Waals surface area contributed by atoms with Gasteiger partial charge in [-0.1, -0.05) is 31.5 Å². The lowest BCUT2D eigenvalue weighted by atomic mass is 9.55. The number of nitrogens with one attached hydrogen (secondary N) is 1. The van der Waals surface area contributed by atoms with E-state index in [0.717, 1.165) is 45.5 Å². The van der Waals surface area contributed by atoms with E-state index in [1.807, 2.05) is 25.9 Å². The van der Waals surface area contributed by atoms with Crippen LogP contribution in [0, 0.1) is 18.8 Å². The molecule has 1 heterocycles. The minimum absolute atomic E-state index is 0.118. The van der Waals surface area contributed by atoms with Gasteiger partial charge in [-0.25, -0.2) is 0 Å². The number of aliphatic hydroxyl groups excluding tert-OH is 1. The molecule has 2 aromatic rings. The van der Waals surface area contributed by atoms with Crippen LogP contribution < -0.4 is 16.0 Å². The van der Waals surface area contributed by atoms with Crippen LogP contribution in [-0.4, -0.2) is 60.1 Å². The summed E-state index contributed by atoms with van der Waals surface area (Å²) in [4.78, 5) is 4.10. The number of hydrogen-bond acceptors (Lipinski definition) is 8. The third-order valence-electron chi connectivity index (χ3n) is 9.58. The van der Waals surface area contributed by atoms with Gasteiger partial charge in [0, 0.05) is 49.6 Å². The molecule has 0 radical (unpaired) electrons. The van der Waals surface area contributed by atoms with Crippen LogP contribution in [0.4, 0.5) is 5.69 Å². The van der Waals surface area contributed by atoms with Crippen molar-refractivity contribution in [1.82, 2.24) is 15.4 Å². The molecule has 0 bridgehead atoms. The molecule has 3 aliphatic carbocycles. The second-order valence-corrected chi connectivity index (χ2v) is 12.3. The fraction of sp³-hybridized carbons (Fsp3) is 0.382. The summed E-state index contributed by atoms with van der Waals surface area (Å²) in [6, 6.07) is 3.57. The average Bonchev–Trinajstić information content (AvgIpc) is 3.45. The third-order valence-corrected chi connectivity index (χ3v) is 9.58. The maximum absolute atomic E-state index is 12.6. The van der Waals surface area contributed by atoms with E-state index in [0.29, 0.717) is 35.6 Å². The molecule has 0 amide bonds. The van der Waals surface area contributed by atoms with E-state index in [9.17, 15) is 10.2 Å². The first-order valence-electron chi connectivity index (χ1n) is 14.2. The number of nitrogens with zero attached hydrogens (tertiary/aromatic N) is 3. The number of likely N-dealkylation sites (N-methyl/N-ethyl adjacent to an activating group) is 1. The van der Waals surface area contributed by atoms with Crippen molar-refractivity contribution in [2.75, 3.05) is 33.1 Å². The zero-order valence-electron chi connectivity index (χ0n) is 25.6. The molecule has 1 aromatic heterocycles. The van der Waals surface area contributed by atoms with Gasteiger partial charge in [-0.05, 0) is 97.3 Å². The Morgan fingerprint density at radius 1 is 1.21 bits per heavy atom. The molecule has 5 N–H and O–H groups in total. The topological polar surface area (TPSA) is 111 Å². The molecule has 1 aromatic carbocycles. The smallest absolute Gasteiger partial charge is 0.182 e. The summed E-state index contributed by atoms with van der Waals surface area (Å²) in [7, 11) is 7.95. The molecule has 8 nitrogen and oxygen atoms in total. The quantitative estimate of drug-likeness (QED) is 0.375. The van der Waals surface area contributed by atoms with Gasteiger partial charge in [-0.2, -0.15) is 0 Å². The van der Waals surface area contributed by atoms with E-state index in [-0.39, 0.29) is 23.3 Å². The lowest BCUT2D eigenvalue weighted by molar-refractivity contribution is -0.0178. The van der Waals surface area contributed by atoms with Crippen LogP contribution in [0.5, 0.6) is 0 Å². The Morgan fingerprint density at radius 2 is 1.90 bits per heavy atom. The molecule has 0 saturated carbocycles. The summed E-state index contributed by atoms with van der Waals surface area (Å²) < 4.78 is 5.26. The number of rotatable bonds is 7. The van der Waals surface area contributed by atoms with E-state index >= 15 is 0 Å². The highest BCUT2D eigenvalue weighted by atomic mass is 16.5. The van der Waals surface area contributed by atoms with Crippen LogP contribution in [-0.2, 0) is 13.0 Å². The first-order valence-corrected chi connectivity index (χ1v) is 14.2. The Balaban J connectivity index is 1.64. The van der Waals surface area contributed by atoms with Gasteiger partial charge < -0.3 is 30.7 Å². The van der Waals surface area contributed by atoms with Gasteiger partial charge in [-0.15, -0.1) is 0 Å². The number of fused-ring (bicyclic) bond motifs is 3. The van der Waals surface area contributed by atoms with Crippen molar-refractivity contribution < 1.29 is 14.7 Å². The fourth-order valence-electron chi connectivity index (χ4n) is 7.61. The second kappa shape index (κ2) is 10.4. The van der Waals surface area contributed by atoms with Gasteiger partial charge in [0.15, 0.2) is 5.76 Å². The summed E-state index contributed by atoms with van der Waals surface area (Å²) in [6.45, 7) is 21.6. The summed E-state index contributed by atoms with van der Waals surface area (Å²) >= 11 is 0. The molecule has 42 heavy (non-hydrogen) atoms. The van der Waals surface area contributed by atoms with Crippen molar-refractivity contribution in [3.05, 3.63) is 106 Å². The normalized spacial score (nSPS) is 25.3. The van der Waals surface area contributed by atoms with E-state index in [2.05, 4.69) is 68.8 Å². The minimum Gasteiger partial charge on any atom is -0.510 e. The van der Waals surface area contributed by atoms with Crippen LogP contribution in [0.1, 0.15) is 41.4 Å². The SMILES string of the molecule is C=C(N)C1=C(O)C(N(C)C)[C@@H]2C[C@@H]3Cc4c(N(C)C)cc(CNC(=C)c5ccno5)c(C)c4C(=C)C3=C(C)[C@]2(O)C1=C. The fourth-order valence-corrected chi connectivity index (χ4v) is 7.61. The third kappa shape index (κ3) is 4.24. The molecule has 0 saturated heterocycles. The number of anilines is 1. The average molecular weight is 570 g/mol. The van der Waals surface area contributed by atoms with Crippen LogP contribution in [0.25, 0.3) is 11.3 Å². The Morgan fingerprint density at radius 3 is 2.48 bits per heavy atom. The second-order valence-electron chi connectivity index (χ2n) is 12.3. The molecule has 8 heteroatoms. The molecular formula is C34H43N5O3. The lowest BCUT2D eigenvalue weighted by Crippen LogP contribution is -2.58. The maximum Gasteiger partial charge on any atom is 0.182 e. The van der Waals surface area contributed by atoms with E-state index in [4.69, 9.17) is 10.3 Å². The van der Waals surface area contributed by atoms with Crippen molar-refractivity contribution in [3.63, 3.8) is 0 Å². The molecule has 222 valence electrons. The number of allylic oxidation sites excluding steroid dienone is 3. The van der Waals surface area contributed by atoms with Crippen LogP contribution in [0.3, 0.4) is 0 Å². The molecular weight excluding hydrogens is 526 g/mol. The van der Waals surface area contributed by atoms with Crippen molar-refractivity contribution in [2.24, 2.45) is 17.6 Å². The summed E-state index contributed by atoms with van der Waals surface area (Å²) in [5.74, 6) is 0.516.